The lowest BCUT2D eigenvalue weighted by Gasteiger charge is -2.41. The fourth-order valence-corrected chi connectivity index (χ4v) is 4.72. The van der Waals surface area contributed by atoms with Crippen molar-refractivity contribution in [2.75, 3.05) is 62.2 Å². The third-order valence-corrected chi connectivity index (χ3v) is 6.96. The Hall–Kier alpha value is -2.83. The molecule has 0 aliphatic carbocycles. The first-order valence-electron chi connectivity index (χ1n) is 11.7. The van der Waals surface area contributed by atoms with Gasteiger partial charge in [-0.15, -0.1) is 0 Å². The van der Waals surface area contributed by atoms with E-state index in [1.807, 2.05) is 9.80 Å². The van der Waals surface area contributed by atoms with Crippen LogP contribution in [0.4, 0.5) is 16.4 Å². The number of amides is 2. The van der Waals surface area contributed by atoms with Gasteiger partial charge < -0.3 is 19.6 Å². The minimum absolute atomic E-state index is 0.166. The number of hydrogen-bond donors (Lipinski definition) is 0. The molecular formula is C25H36N6O. The molecule has 7 heteroatoms. The first kappa shape index (κ1) is 22.4. The zero-order valence-corrected chi connectivity index (χ0v) is 20.4. The third kappa shape index (κ3) is 4.38. The molecule has 0 unspecified atom stereocenters. The molecule has 0 N–H and O–H groups in total. The highest BCUT2D eigenvalue weighted by Gasteiger charge is 2.29. The second-order valence-corrected chi connectivity index (χ2v) is 9.29. The second-order valence-electron chi connectivity index (χ2n) is 9.29. The van der Waals surface area contributed by atoms with Crippen LogP contribution in [0.5, 0.6) is 0 Å². The molecule has 2 aliphatic heterocycles. The molecule has 0 saturated carbocycles. The summed E-state index contributed by atoms with van der Waals surface area (Å²) in [6, 6.07) is 4.58. The maximum Gasteiger partial charge on any atom is 0.320 e. The number of carbonyl (C=O) groups excluding carboxylic acids is 1. The van der Waals surface area contributed by atoms with Crippen LogP contribution in [0.25, 0.3) is 0 Å². The number of hydrogen-bond acceptors (Lipinski definition) is 5. The van der Waals surface area contributed by atoms with Crippen molar-refractivity contribution in [3.63, 3.8) is 0 Å². The first-order valence-corrected chi connectivity index (χ1v) is 11.7. The predicted octanol–water partition coefficient (Wildman–Crippen LogP) is 3.39. The number of aryl methyl sites for hydroxylation is 6. The summed E-state index contributed by atoms with van der Waals surface area (Å²) in [6.07, 6.45) is 0. The summed E-state index contributed by atoms with van der Waals surface area (Å²) in [4.78, 5) is 31.4. The summed E-state index contributed by atoms with van der Waals surface area (Å²) in [5, 5.41) is 0. The largest absolute Gasteiger partial charge is 0.353 e. The van der Waals surface area contributed by atoms with E-state index in [4.69, 9.17) is 9.97 Å². The molecular weight excluding hydrogens is 400 g/mol. The highest BCUT2D eigenvalue weighted by Crippen LogP contribution is 2.24. The van der Waals surface area contributed by atoms with Crippen LogP contribution in [-0.2, 0) is 0 Å². The van der Waals surface area contributed by atoms with Crippen molar-refractivity contribution in [3.05, 3.63) is 45.8 Å². The number of piperazine rings is 2. The molecule has 0 spiro atoms. The molecule has 2 saturated heterocycles. The van der Waals surface area contributed by atoms with Crippen molar-refractivity contribution < 1.29 is 4.79 Å². The van der Waals surface area contributed by atoms with Crippen molar-refractivity contribution in [2.45, 2.75) is 41.5 Å². The molecule has 0 bridgehead atoms. The van der Waals surface area contributed by atoms with Gasteiger partial charge in [0.25, 0.3) is 0 Å². The smallest absolute Gasteiger partial charge is 0.320 e. The van der Waals surface area contributed by atoms with Gasteiger partial charge in [0.15, 0.2) is 0 Å². The van der Waals surface area contributed by atoms with Crippen LogP contribution in [0, 0.1) is 41.5 Å². The summed E-state index contributed by atoms with van der Waals surface area (Å²) in [5.41, 5.74) is 7.03. The number of nitrogens with zero attached hydrogens (tertiary/aromatic N) is 6. The van der Waals surface area contributed by atoms with Crippen molar-refractivity contribution >= 4 is 17.7 Å². The minimum Gasteiger partial charge on any atom is -0.353 e. The van der Waals surface area contributed by atoms with Crippen LogP contribution in [0.15, 0.2) is 12.1 Å². The van der Waals surface area contributed by atoms with Gasteiger partial charge in [0.1, 0.15) is 11.6 Å². The molecule has 2 aromatic heterocycles. The van der Waals surface area contributed by atoms with Gasteiger partial charge in [-0.2, -0.15) is 0 Å². The predicted molar refractivity (Wildman–Crippen MR) is 130 cm³/mol. The number of urea groups is 1. The van der Waals surface area contributed by atoms with E-state index in [1.165, 1.54) is 22.3 Å². The van der Waals surface area contributed by atoms with Crippen LogP contribution >= 0.6 is 0 Å². The van der Waals surface area contributed by atoms with E-state index in [0.29, 0.717) is 0 Å². The number of rotatable bonds is 2. The fraction of sp³-hybridized carbons (Fsp3) is 0.560. The zero-order valence-electron chi connectivity index (χ0n) is 20.4. The van der Waals surface area contributed by atoms with Crippen LogP contribution in [0.1, 0.15) is 33.6 Å². The third-order valence-electron chi connectivity index (χ3n) is 6.96. The highest BCUT2D eigenvalue weighted by molar-refractivity contribution is 5.75. The monoisotopic (exact) mass is 436 g/mol. The number of carbonyl (C=O) groups is 1. The Morgan fingerprint density at radius 1 is 0.594 bits per heavy atom. The van der Waals surface area contributed by atoms with Gasteiger partial charge in [-0.05, 0) is 63.8 Å². The lowest BCUT2D eigenvalue weighted by atomic mass is 10.1. The number of aromatic nitrogens is 2. The Bertz CT molecular complexity index is 924. The van der Waals surface area contributed by atoms with Crippen LogP contribution < -0.4 is 9.80 Å². The Kier molecular flexibility index (Phi) is 6.26. The summed E-state index contributed by atoms with van der Waals surface area (Å²) >= 11 is 0. The van der Waals surface area contributed by atoms with E-state index in [-0.39, 0.29) is 6.03 Å². The summed E-state index contributed by atoms with van der Waals surface area (Å²) in [5.74, 6) is 2.12. The van der Waals surface area contributed by atoms with Crippen LogP contribution in [-0.4, -0.2) is 78.2 Å². The number of anilines is 2. The molecule has 2 aliphatic rings. The van der Waals surface area contributed by atoms with Gasteiger partial charge in [-0.1, -0.05) is 12.1 Å². The normalized spacial score (nSPS) is 17.2. The fourth-order valence-electron chi connectivity index (χ4n) is 4.72. The van der Waals surface area contributed by atoms with Crippen LogP contribution in [0.2, 0.25) is 0 Å². The molecule has 7 nitrogen and oxygen atoms in total. The van der Waals surface area contributed by atoms with Crippen molar-refractivity contribution in [2.24, 2.45) is 0 Å². The maximum absolute atomic E-state index is 13.2. The Morgan fingerprint density at radius 3 is 1.28 bits per heavy atom. The van der Waals surface area contributed by atoms with E-state index >= 15 is 0 Å². The Morgan fingerprint density at radius 2 is 0.938 bits per heavy atom. The average molecular weight is 437 g/mol. The molecule has 2 fully saturated rings. The molecule has 0 radical (unpaired) electrons. The Balaban J connectivity index is 1.33. The van der Waals surface area contributed by atoms with Gasteiger partial charge in [0, 0.05) is 63.7 Å². The van der Waals surface area contributed by atoms with Crippen molar-refractivity contribution in [1.29, 1.82) is 0 Å². The first-order chi connectivity index (χ1) is 15.2. The van der Waals surface area contributed by atoms with E-state index in [9.17, 15) is 4.79 Å². The molecule has 0 aromatic carbocycles. The van der Waals surface area contributed by atoms with Gasteiger partial charge >= 0.3 is 6.03 Å². The summed E-state index contributed by atoms with van der Waals surface area (Å²) in [6.45, 7) is 18.9. The van der Waals surface area contributed by atoms with Crippen molar-refractivity contribution in [1.82, 2.24) is 19.8 Å². The summed E-state index contributed by atoms with van der Waals surface area (Å²) in [7, 11) is 0. The van der Waals surface area contributed by atoms with Gasteiger partial charge in [0.05, 0.1) is 0 Å². The van der Waals surface area contributed by atoms with Gasteiger partial charge in [0.2, 0.25) is 0 Å². The topological polar surface area (TPSA) is 55.8 Å². The lowest BCUT2D eigenvalue weighted by Crippen LogP contribution is -2.57. The molecule has 2 amide bonds. The second kappa shape index (κ2) is 8.96. The SMILES string of the molecule is Cc1cc(C)c(N2CCN(C(=O)N3CCN(c4nc(C)c(C)cc4C)CC3)CC2)nc1C. The molecule has 4 heterocycles. The molecule has 172 valence electrons. The zero-order chi connectivity index (χ0) is 23.0. The molecule has 2 aromatic rings. The van der Waals surface area contributed by atoms with Crippen LogP contribution in [0.3, 0.4) is 0 Å². The quantitative estimate of drug-likeness (QED) is 0.722. The standard InChI is InChI=1S/C25H36N6O/c1-17-15-19(3)23(26-21(17)5)28-7-11-30(12-8-28)25(32)31-13-9-29(10-14-31)24-20(4)16-18(2)22(6)27-24/h15-16H,7-14H2,1-6H3. The maximum atomic E-state index is 13.2. The average Bonchev–Trinajstić information content (AvgIpc) is 2.78. The van der Waals surface area contributed by atoms with Gasteiger partial charge in [-0.25, -0.2) is 14.8 Å². The number of pyridine rings is 2. The van der Waals surface area contributed by atoms with E-state index in [2.05, 4.69) is 63.5 Å². The van der Waals surface area contributed by atoms with E-state index in [0.717, 1.165) is 75.4 Å². The van der Waals surface area contributed by atoms with Gasteiger partial charge in [-0.3, -0.25) is 0 Å². The van der Waals surface area contributed by atoms with E-state index in [1.54, 1.807) is 0 Å². The highest BCUT2D eigenvalue weighted by atomic mass is 16.2. The Labute approximate surface area is 192 Å². The van der Waals surface area contributed by atoms with Crippen molar-refractivity contribution in [3.8, 4) is 0 Å². The minimum atomic E-state index is 0.166. The molecule has 4 rings (SSSR count). The molecule has 0 atom stereocenters. The summed E-state index contributed by atoms with van der Waals surface area (Å²) < 4.78 is 0. The van der Waals surface area contributed by atoms with E-state index < -0.39 is 0 Å². The lowest BCUT2D eigenvalue weighted by molar-refractivity contribution is 0.147. The molecule has 32 heavy (non-hydrogen) atoms.